The molecule has 122 valence electrons. The highest BCUT2D eigenvalue weighted by Crippen LogP contribution is 2.29. The lowest BCUT2D eigenvalue weighted by Crippen LogP contribution is -2.26. The van der Waals surface area contributed by atoms with E-state index in [-0.39, 0.29) is 5.91 Å². The zero-order valence-corrected chi connectivity index (χ0v) is 13.7. The lowest BCUT2D eigenvalue weighted by molar-refractivity contribution is 0.0992. The van der Waals surface area contributed by atoms with Crippen LogP contribution in [0.15, 0.2) is 48.8 Å². The van der Waals surface area contributed by atoms with Crippen molar-refractivity contribution >= 4 is 22.6 Å². The minimum absolute atomic E-state index is 0.154. The van der Waals surface area contributed by atoms with E-state index in [0.717, 1.165) is 16.7 Å². The first-order chi connectivity index (χ1) is 11.6. The number of aromatic nitrogens is 2. The number of anilines is 1. The SMILES string of the molecule is COc1ccc(C(=O)N(C)c2ccc3nccnc3c2)cc1OC. The number of methoxy groups -OCH3 is 2. The lowest BCUT2D eigenvalue weighted by atomic mass is 10.1. The molecule has 0 N–H and O–H groups in total. The van der Waals surface area contributed by atoms with E-state index in [1.165, 1.54) is 7.11 Å². The predicted octanol–water partition coefficient (Wildman–Crippen LogP) is 2.92. The lowest BCUT2D eigenvalue weighted by Gasteiger charge is -2.18. The predicted molar refractivity (Wildman–Crippen MR) is 91.8 cm³/mol. The van der Waals surface area contributed by atoms with Crippen LogP contribution in [-0.4, -0.2) is 37.1 Å². The third kappa shape index (κ3) is 2.86. The standard InChI is InChI=1S/C18H17N3O3/c1-21(13-5-6-14-15(11-13)20-9-8-19-14)18(22)12-4-7-16(23-2)17(10-12)24-3/h4-11H,1-3H3. The van der Waals surface area contributed by atoms with Gasteiger partial charge in [0.25, 0.3) is 5.91 Å². The molecule has 0 saturated carbocycles. The van der Waals surface area contributed by atoms with Crippen LogP contribution in [0.25, 0.3) is 11.0 Å². The van der Waals surface area contributed by atoms with Crippen molar-refractivity contribution in [2.75, 3.05) is 26.2 Å². The fraction of sp³-hybridized carbons (Fsp3) is 0.167. The molecule has 0 atom stereocenters. The summed E-state index contributed by atoms with van der Waals surface area (Å²) < 4.78 is 10.5. The van der Waals surface area contributed by atoms with Crippen molar-refractivity contribution in [2.24, 2.45) is 0 Å². The molecule has 3 aromatic rings. The van der Waals surface area contributed by atoms with E-state index in [1.54, 1.807) is 49.7 Å². The molecule has 0 radical (unpaired) electrons. The van der Waals surface area contributed by atoms with Gasteiger partial charge in [0.2, 0.25) is 0 Å². The third-order valence-electron chi connectivity index (χ3n) is 3.78. The van der Waals surface area contributed by atoms with Crippen LogP contribution < -0.4 is 14.4 Å². The summed E-state index contributed by atoms with van der Waals surface area (Å²) in [5.41, 5.74) is 2.77. The molecular weight excluding hydrogens is 306 g/mol. The Labute approximate surface area is 139 Å². The molecule has 6 nitrogen and oxygen atoms in total. The molecule has 1 heterocycles. The Kier molecular flexibility index (Phi) is 4.29. The Hall–Kier alpha value is -3.15. The largest absolute Gasteiger partial charge is 0.493 e. The molecular formula is C18H17N3O3. The van der Waals surface area contributed by atoms with Crippen LogP contribution in [0.1, 0.15) is 10.4 Å². The van der Waals surface area contributed by atoms with E-state index in [1.807, 2.05) is 18.2 Å². The molecule has 0 aliphatic heterocycles. The number of benzene rings is 2. The number of nitrogens with zero attached hydrogens (tertiary/aromatic N) is 3. The monoisotopic (exact) mass is 323 g/mol. The number of amides is 1. The second kappa shape index (κ2) is 6.54. The Bertz CT molecular complexity index is 896. The first kappa shape index (κ1) is 15.7. The summed E-state index contributed by atoms with van der Waals surface area (Å²) in [6, 6.07) is 10.6. The Morgan fingerprint density at radius 2 is 1.62 bits per heavy atom. The highest BCUT2D eigenvalue weighted by Gasteiger charge is 2.16. The zero-order chi connectivity index (χ0) is 17.1. The minimum atomic E-state index is -0.154. The molecule has 1 aromatic heterocycles. The smallest absolute Gasteiger partial charge is 0.258 e. The van der Waals surface area contributed by atoms with Crippen molar-refractivity contribution in [1.82, 2.24) is 9.97 Å². The van der Waals surface area contributed by atoms with E-state index < -0.39 is 0 Å². The molecule has 0 saturated heterocycles. The van der Waals surface area contributed by atoms with Gasteiger partial charge in [-0.1, -0.05) is 0 Å². The first-order valence-corrected chi connectivity index (χ1v) is 7.35. The number of hydrogen-bond acceptors (Lipinski definition) is 5. The van der Waals surface area contributed by atoms with Crippen LogP contribution in [0.5, 0.6) is 11.5 Å². The molecule has 3 rings (SSSR count). The Balaban J connectivity index is 1.93. The first-order valence-electron chi connectivity index (χ1n) is 7.35. The van der Waals surface area contributed by atoms with Crippen LogP contribution in [-0.2, 0) is 0 Å². The summed E-state index contributed by atoms with van der Waals surface area (Å²) in [4.78, 5) is 22.8. The zero-order valence-electron chi connectivity index (χ0n) is 13.7. The van der Waals surface area contributed by atoms with Gasteiger partial charge in [0.05, 0.1) is 25.3 Å². The molecule has 0 fully saturated rings. The van der Waals surface area contributed by atoms with Gasteiger partial charge in [0.15, 0.2) is 11.5 Å². The van der Waals surface area contributed by atoms with Gasteiger partial charge in [-0.25, -0.2) is 0 Å². The summed E-state index contributed by atoms with van der Waals surface area (Å²) in [5, 5.41) is 0. The highest BCUT2D eigenvalue weighted by molar-refractivity contribution is 6.06. The van der Waals surface area contributed by atoms with Gasteiger partial charge in [-0.2, -0.15) is 0 Å². The number of ether oxygens (including phenoxy) is 2. The Morgan fingerprint density at radius 3 is 2.33 bits per heavy atom. The molecule has 0 spiro atoms. The number of hydrogen-bond donors (Lipinski definition) is 0. The molecule has 6 heteroatoms. The van der Waals surface area contributed by atoms with Crippen LogP contribution in [0.3, 0.4) is 0 Å². The molecule has 0 aliphatic rings. The van der Waals surface area contributed by atoms with Gasteiger partial charge >= 0.3 is 0 Å². The Morgan fingerprint density at radius 1 is 0.917 bits per heavy atom. The van der Waals surface area contributed by atoms with Gasteiger partial charge in [-0.3, -0.25) is 14.8 Å². The summed E-state index contributed by atoms with van der Waals surface area (Å²) in [6.45, 7) is 0. The maximum atomic E-state index is 12.7. The van der Waals surface area contributed by atoms with E-state index in [4.69, 9.17) is 9.47 Å². The van der Waals surface area contributed by atoms with E-state index in [2.05, 4.69) is 9.97 Å². The number of carbonyl (C=O) groups excluding carboxylic acids is 1. The van der Waals surface area contributed by atoms with Crippen molar-refractivity contribution < 1.29 is 14.3 Å². The molecule has 0 aliphatic carbocycles. The summed E-state index contributed by atoms with van der Waals surface area (Å²) in [7, 11) is 4.82. The molecule has 24 heavy (non-hydrogen) atoms. The summed E-state index contributed by atoms with van der Waals surface area (Å²) in [5.74, 6) is 0.943. The summed E-state index contributed by atoms with van der Waals surface area (Å²) >= 11 is 0. The maximum Gasteiger partial charge on any atom is 0.258 e. The number of fused-ring (bicyclic) bond motifs is 1. The third-order valence-corrected chi connectivity index (χ3v) is 3.78. The topological polar surface area (TPSA) is 64.5 Å². The second-order valence-electron chi connectivity index (χ2n) is 5.16. The molecule has 0 bridgehead atoms. The average Bonchev–Trinajstić information content (AvgIpc) is 2.65. The van der Waals surface area contributed by atoms with E-state index >= 15 is 0 Å². The fourth-order valence-electron chi connectivity index (χ4n) is 2.44. The van der Waals surface area contributed by atoms with Crippen molar-refractivity contribution in [3.63, 3.8) is 0 Å². The summed E-state index contributed by atoms with van der Waals surface area (Å²) in [6.07, 6.45) is 3.27. The van der Waals surface area contributed by atoms with Crippen molar-refractivity contribution in [1.29, 1.82) is 0 Å². The minimum Gasteiger partial charge on any atom is -0.493 e. The average molecular weight is 323 g/mol. The maximum absolute atomic E-state index is 12.7. The van der Waals surface area contributed by atoms with Gasteiger partial charge in [0, 0.05) is 30.7 Å². The van der Waals surface area contributed by atoms with Crippen LogP contribution >= 0.6 is 0 Å². The van der Waals surface area contributed by atoms with Gasteiger partial charge < -0.3 is 14.4 Å². The van der Waals surface area contributed by atoms with Crippen molar-refractivity contribution in [3.8, 4) is 11.5 Å². The second-order valence-corrected chi connectivity index (χ2v) is 5.16. The number of carbonyl (C=O) groups is 1. The highest BCUT2D eigenvalue weighted by atomic mass is 16.5. The van der Waals surface area contributed by atoms with Crippen LogP contribution in [0.4, 0.5) is 5.69 Å². The molecule has 2 aromatic carbocycles. The van der Waals surface area contributed by atoms with Gasteiger partial charge in [-0.05, 0) is 36.4 Å². The normalized spacial score (nSPS) is 10.5. The van der Waals surface area contributed by atoms with E-state index in [9.17, 15) is 4.79 Å². The van der Waals surface area contributed by atoms with Crippen LogP contribution in [0, 0.1) is 0 Å². The van der Waals surface area contributed by atoms with Crippen molar-refractivity contribution in [2.45, 2.75) is 0 Å². The number of rotatable bonds is 4. The van der Waals surface area contributed by atoms with Gasteiger partial charge in [0.1, 0.15) is 0 Å². The molecule has 0 unspecified atom stereocenters. The molecule has 1 amide bonds. The van der Waals surface area contributed by atoms with Crippen LogP contribution in [0.2, 0.25) is 0 Å². The quantitative estimate of drug-likeness (QED) is 0.738. The van der Waals surface area contributed by atoms with Gasteiger partial charge in [-0.15, -0.1) is 0 Å². The van der Waals surface area contributed by atoms with Crippen molar-refractivity contribution in [3.05, 3.63) is 54.4 Å². The fourth-order valence-corrected chi connectivity index (χ4v) is 2.44. The van der Waals surface area contributed by atoms with E-state index in [0.29, 0.717) is 17.1 Å².